The van der Waals surface area contributed by atoms with Crippen molar-refractivity contribution in [3.05, 3.63) is 0 Å². The molecule has 1 saturated heterocycles. The molecule has 1 unspecified atom stereocenters. The number of carbonyl (C=O) groups excluding carboxylic acids is 1. The van der Waals surface area contributed by atoms with Crippen LogP contribution in [0.5, 0.6) is 0 Å². The van der Waals surface area contributed by atoms with Crippen molar-refractivity contribution in [1.29, 1.82) is 0 Å². The third-order valence-electron chi connectivity index (χ3n) is 3.02. The molecule has 1 aliphatic rings. The van der Waals surface area contributed by atoms with Crippen molar-refractivity contribution >= 4 is 21.7 Å². The lowest BCUT2D eigenvalue weighted by Crippen LogP contribution is -2.51. The van der Waals surface area contributed by atoms with Crippen LogP contribution in [0.1, 0.15) is 25.7 Å². The van der Waals surface area contributed by atoms with Gasteiger partial charge in [-0.05, 0) is 25.8 Å². The van der Waals surface area contributed by atoms with E-state index >= 15 is 0 Å². The van der Waals surface area contributed by atoms with Gasteiger partial charge in [-0.1, -0.05) is 6.42 Å². The van der Waals surface area contributed by atoms with Crippen molar-refractivity contribution in [2.75, 3.05) is 18.6 Å². The summed E-state index contributed by atoms with van der Waals surface area (Å²) in [5, 5.41) is 14.4. The quantitative estimate of drug-likeness (QED) is 0.587. The minimum atomic E-state index is -3.24. The lowest BCUT2D eigenvalue weighted by atomic mass is 10.0. The predicted molar refractivity (Wildman–Crippen MR) is 69.5 cm³/mol. The molecule has 1 fully saturated rings. The molecule has 3 N–H and O–H groups in total. The first kappa shape index (κ1) is 15.9. The fourth-order valence-corrected chi connectivity index (χ4v) is 2.60. The summed E-state index contributed by atoms with van der Waals surface area (Å²) >= 11 is 0. The highest BCUT2D eigenvalue weighted by atomic mass is 32.2. The van der Waals surface area contributed by atoms with Crippen molar-refractivity contribution in [3.8, 4) is 0 Å². The van der Waals surface area contributed by atoms with Gasteiger partial charge in [-0.3, -0.25) is 4.79 Å². The summed E-state index contributed by atoms with van der Waals surface area (Å²) in [6.45, 7) is 0.735. The average Bonchev–Trinajstić information content (AvgIpc) is 2.33. The van der Waals surface area contributed by atoms with E-state index in [0.717, 1.165) is 25.6 Å². The molecule has 8 heteroatoms. The number of amides is 1. The molecule has 110 valence electrons. The van der Waals surface area contributed by atoms with Crippen LogP contribution < -0.4 is 10.6 Å². The molecule has 0 aromatic carbocycles. The van der Waals surface area contributed by atoms with Gasteiger partial charge in [0.2, 0.25) is 5.91 Å². The van der Waals surface area contributed by atoms with Crippen LogP contribution in [0.25, 0.3) is 0 Å². The van der Waals surface area contributed by atoms with Crippen molar-refractivity contribution in [2.45, 2.75) is 37.8 Å². The summed E-state index contributed by atoms with van der Waals surface area (Å²) in [5.74, 6) is -1.85. The largest absolute Gasteiger partial charge is 0.480 e. The fourth-order valence-electron chi connectivity index (χ4n) is 1.94. The number of carboxylic acid groups (broad SMARTS) is 1. The lowest BCUT2D eigenvalue weighted by Gasteiger charge is -2.24. The zero-order valence-electron chi connectivity index (χ0n) is 10.9. The second-order valence-electron chi connectivity index (χ2n) is 4.82. The van der Waals surface area contributed by atoms with Gasteiger partial charge >= 0.3 is 5.97 Å². The molecule has 1 aliphatic heterocycles. The smallest absolute Gasteiger partial charge is 0.326 e. The zero-order chi connectivity index (χ0) is 14.5. The summed E-state index contributed by atoms with van der Waals surface area (Å²) in [6, 6.07) is -1.54. The Bertz CT molecular complexity index is 428. The molecule has 7 nitrogen and oxygen atoms in total. The second-order valence-corrected chi connectivity index (χ2v) is 7.08. The van der Waals surface area contributed by atoms with E-state index < -0.39 is 21.8 Å². The Kier molecular flexibility index (Phi) is 5.74. The summed E-state index contributed by atoms with van der Waals surface area (Å²) in [7, 11) is -3.24. The summed E-state index contributed by atoms with van der Waals surface area (Å²) in [4.78, 5) is 22.9. The van der Waals surface area contributed by atoms with Gasteiger partial charge in [-0.2, -0.15) is 0 Å². The Morgan fingerprint density at radius 1 is 1.42 bits per heavy atom. The molecule has 1 heterocycles. The van der Waals surface area contributed by atoms with Crippen LogP contribution in [0.15, 0.2) is 0 Å². The van der Waals surface area contributed by atoms with Gasteiger partial charge in [-0.25, -0.2) is 13.2 Å². The molecular weight excluding hydrogens is 272 g/mol. The Balaban J connectivity index is 2.52. The molecule has 0 aromatic rings. The van der Waals surface area contributed by atoms with Crippen LogP contribution in [0.4, 0.5) is 0 Å². The van der Waals surface area contributed by atoms with Crippen LogP contribution >= 0.6 is 0 Å². The number of carbonyl (C=O) groups is 2. The van der Waals surface area contributed by atoms with Crippen molar-refractivity contribution in [2.24, 2.45) is 0 Å². The minimum absolute atomic E-state index is 0.118. The van der Waals surface area contributed by atoms with E-state index in [-0.39, 0.29) is 24.1 Å². The topological polar surface area (TPSA) is 113 Å². The minimum Gasteiger partial charge on any atom is -0.480 e. The van der Waals surface area contributed by atoms with E-state index in [2.05, 4.69) is 10.6 Å². The number of rotatable bonds is 6. The third kappa shape index (κ3) is 6.02. The highest BCUT2D eigenvalue weighted by Crippen LogP contribution is 2.07. The van der Waals surface area contributed by atoms with Gasteiger partial charge in [0.1, 0.15) is 15.9 Å². The highest BCUT2D eigenvalue weighted by Gasteiger charge is 2.26. The molecule has 1 rings (SSSR count). The van der Waals surface area contributed by atoms with Crippen molar-refractivity contribution in [1.82, 2.24) is 10.6 Å². The number of nitrogens with one attached hydrogen (secondary N) is 2. The normalized spacial score (nSPS) is 21.6. The molecule has 19 heavy (non-hydrogen) atoms. The number of carboxylic acids is 1. The molecule has 0 aliphatic carbocycles. The maximum Gasteiger partial charge on any atom is 0.326 e. The highest BCUT2D eigenvalue weighted by molar-refractivity contribution is 7.90. The van der Waals surface area contributed by atoms with Gasteiger partial charge in [0, 0.05) is 6.26 Å². The van der Waals surface area contributed by atoms with Crippen LogP contribution in [0, 0.1) is 0 Å². The lowest BCUT2D eigenvalue weighted by molar-refractivity contribution is -0.142. The Hall–Kier alpha value is -1.15. The summed E-state index contributed by atoms with van der Waals surface area (Å²) in [5.41, 5.74) is 0. The SMILES string of the molecule is CS(=O)(=O)CCC(NC(=O)[C@H]1CCCCN1)C(=O)O. The van der Waals surface area contributed by atoms with Gasteiger partial charge in [0.25, 0.3) is 0 Å². The Morgan fingerprint density at radius 2 is 2.11 bits per heavy atom. The molecule has 2 atom stereocenters. The standard InChI is InChI=1S/C11H20N2O5S/c1-19(17,18)7-5-9(11(15)16)13-10(14)8-4-2-3-6-12-8/h8-9,12H,2-7H2,1H3,(H,13,14)(H,15,16)/t8-,9?/m1/s1. The van der Waals surface area contributed by atoms with E-state index in [1.165, 1.54) is 0 Å². The van der Waals surface area contributed by atoms with Crippen LogP contribution in [0.3, 0.4) is 0 Å². The van der Waals surface area contributed by atoms with Crippen LogP contribution in [-0.2, 0) is 19.4 Å². The fraction of sp³-hybridized carbons (Fsp3) is 0.818. The molecule has 0 radical (unpaired) electrons. The molecule has 0 bridgehead atoms. The van der Waals surface area contributed by atoms with Gasteiger partial charge < -0.3 is 15.7 Å². The average molecular weight is 292 g/mol. The summed E-state index contributed by atoms with van der Waals surface area (Å²) in [6.07, 6.45) is 3.51. The number of piperidine rings is 1. The van der Waals surface area contributed by atoms with Crippen LogP contribution in [-0.4, -0.2) is 56.0 Å². The first-order valence-corrected chi connectivity index (χ1v) is 8.30. The van der Waals surface area contributed by atoms with E-state index in [1.54, 1.807) is 0 Å². The molecule has 1 amide bonds. The summed E-state index contributed by atoms with van der Waals surface area (Å²) < 4.78 is 22.1. The van der Waals surface area contributed by atoms with Gasteiger partial charge in [-0.15, -0.1) is 0 Å². The van der Waals surface area contributed by atoms with Gasteiger partial charge in [0.05, 0.1) is 11.8 Å². The maximum absolute atomic E-state index is 11.9. The van der Waals surface area contributed by atoms with Crippen LogP contribution in [0.2, 0.25) is 0 Å². The van der Waals surface area contributed by atoms with Crippen molar-refractivity contribution < 1.29 is 23.1 Å². The molecule has 0 spiro atoms. The number of aliphatic carboxylic acids is 1. The van der Waals surface area contributed by atoms with E-state index in [1.807, 2.05) is 0 Å². The number of hydrogen-bond donors (Lipinski definition) is 3. The second kappa shape index (κ2) is 6.85. The first-order chi connectivity index (χ1) is 8.79. The predicted octanol–water partition coefficient (Wildman–Crippen LogP) is -0.867. The monoisotopic (exact) mass is 292 g/mol. The Morgan fingerprint density at radius 3 is 2.58 bits per heavy atom. The van der Waals surface area contributed by atoms with E-state index in [4.69, 9.17) is 5.11 Å². The first-order valence-electron chi connectivity index (χ1n) is 6.24. The van der Waals surface area contributed by atoms with Crippen molar-refractivity contribution in [3.63, 3.8) is 0 Å². The molecular formula is C11H20N2O5S. The molecule has 0 aromatic heterocycles. The zero-order valence-corrected chi connectivity index (χ0v) is 11.7. The van der Waals surface area contributed by atoms with E-state index in [9.17, 15) is 18.0 Å². The Labute approximate surface area is 112 Å². The van der Waals surface area contributed by atoms with E-state index in [0.29, 0.717) is 6.42 Å². The molecule has 0 saturated carbocycles. The van der Waals surface area contributed by atoms with Gasteiger partial charge in [0.15, 0.2) is 0 Å². The maximum atomic E-state index is 11.9. The third-order valence-corrected chi connectivity index (χ3v) is 4.00. The number of hydrogen-bond acceptors (Lipinski definition) is 5. The number of sulfone groups is 1.